The van der Waals surface area contributed by atoms with Crippen molar-refractivity contribution in [1.82, 2.24) is 9.62 Å². The van der Waals surface area contributed by atoms with Gasteiger partial charge < -0.3 is 10.6 Å². The maximum Gasteiger partial charge on any atom is 0.255 e. The number of aryl methyl sites for hydroxylation is 1. The van der Waals surface area contributed by atoms with Crippen molar-refractivity contribution in [1.29, 1.82) is 0 Å². The summed E-state index contributed by atoms with van der Waals surface area (Å²) in [5.74, 6) is -0.736. The molecule has 33 heavy (non-hydrogen) atoms. The van der Waals surface area contributed by atoms with Gasteiger partial charge in [0.2, 0.25) is 10.0 Å². The van der Waals surface area contributed by atoms with Crippen molar-refractivity contribution < 1.29 is 18.0 Å². The molecule has 0 spiro atoms. The van der Waals surface area contributed by atoms with E-state index in [0.29, 0.717) is 29.9 Å². The van der Waals surface area contributed by atoms with Gasteiger partial charge in [-0.15, -0.1) is 0 Å². The van der Waals surface area contributed by atoms with Crippen LogP contribution >= 0.6 is 0 Å². The molecule has 1 aliphatic heterocycles. The Labute approximate surface area is 196 Å². The fourth-order valence-corrected chi connectivity index (χ4v) is 5.60. The number of nitrogens with zero attached hydrogens (tertiary/aromatic N) is 1. The second-order valence-electron chi connectivity index (χ2n) is 8.58. The zero-order valence-corrected chi connectivity index (χ0v) is 20.4. The highest BCUT2D eigenvalue weighted by Gasteiger charge is 2.27. The third-order valence-corrected chi connectivity index (χ3v) is 8.08. The number of carbonyl (C=O) groups is 2. The van der Waals surface area contributed by atoms with Gasteiger partial charge in [0, 0.05) is 24.7 Å². The number of rotatable bonds is 7. The summed E-state index contributed by atoms with van der Waals surface area (Å²) < 4.78 is 28.1. The van der Waals surface area contributed by atoms with Crippen LogP contribution < -0.4 is 10.6 Å². The molecule has 2 aromatic rings. The molecular formula is C25H33N3O4S. The summed E-state index contributed by atoms with van der Waals surface area (Å²) in [6.45, 7) is 6.62. The Kier molecular flexibility index (Phi) is 8.26. The third-order valence-electron chi connectivity index (χ3n) is 6.04. The summed E-state index contributed by atoms with van der Waals surface area (Å²) in [5.41, 5.74) is 1.56. The van der Waals surface area contributed by atoms with Crippen LogP contribution in [0.4, 0.5) is 5.69 Å². The van der Waals surface area contributed by atoms with Crippen molar-refractivity contribution in [2.45, 2.75) is 63.8 Å². The fraction of sp³-hybridized carbons (Fsp3) is 0.440. The molecule has 0 saturated carbocycles. The molecule has 1 atom stereocenters. The molecule has 8 heteroatoms. The number of amides is 2. The van der Waals surface area contributed by atoms with Crippen molar-refractivity contribution in [2.24, 2.45) is 0 Å². The van der Waals surface area contributed by atoms with Gasteiger partial charge in [0.1, 0.15) is 0 Å². The van der Waals surface area contributed by atoms with E-state index < -0.39 is 15.9 Å². The number of benzene rings is 2. The van der Waals surface area contributed by atoms with Crippen molar-refractivity contribution >= 4 is 27.5 Å². The fourth-order valence-electron chi connectivity index (χ4n) is 3.83. The van der Waals surface area contributed by atoms with Crippen LogP contribution in [-0.2, 0) is 10.0 Å². The predicted octanol–water partition coefficient (Wildman–Crippen LogP) is 4.34. The van der Waals surface area contributed by atoms with Gasteiger partial charge in [-0.05, 0) is 62.9 Å². The molecule has 1 saturated heterocycles. The van der Waals surface area contributed by atoms with E-state index in [1.165, 1.54) is 10.4 Å². The Balaban J connectivity index is 1.86. The Morgan fingerprint density at radius 1 is 1.00 bits per heavy atom. The minimum Gasteiger partial charge on any atom is -0.350 e. The van der Waals surface area contributed by atoms with Gasteiger partial charge >= 0.3 is 0 Å². The van der Waals surface area contributed by atoms with E-state index in [-0.39, 0.29) is 22.4 Å². The quantitative estimate of drug-likeness (QED) is 0.628. The van der Waals surface area contributed by atoms with Gasteiger partial charge in [-0.25, -0.2) is 8.42 Å². The summed E-state index contributed by atoms with van der Waals surface area (Å²) in [7, 11) is -3.69. The highest BCUT2D eigenvalue weighted by molar-refractivity contribution is 7.89. The van der Waals surface area contributed by atoms with Crippen LogP contribution in [0.1, 0.15) is 72.2 Å². The standard InChI is InChI=1S/C25H33N3O4S/c1-4-19(3)26-25(30)21-11-7-8-12-22(21)27-24(29)20-14-13-18(2)23(17-20)33(31,32)28-15-9-5-6-10-16-28/h7-8,11-14,17,19H,4-6,9-10,15-16H2,1-3H3,(H,26,30)(H,27,29)/t19-/m0/s1. The number of anilines is 1. The summed E-state index contributed by atoms with van der Waals surface area (Å²) in [6.07, 6.45) is 4.52. The summed E-state index contributed by atoms with van der Waals surface area (Å²) in [5, 5.41) is 5.68. The summed E-state index contributed by atoms with van der Waals surface area (Å²) in [6, 6.07) is 11.5. The van der Waals surface area contributed by atoms with Crippen LogP contribution in [-0.4, -0.2) is 43.7 Å². The van der Waals surface area contributed by atoms with Crippen molar-refractivity contribution in [3.05, 3.63) is 59.2 Å². The van der Waals surface area contributed by atoms with Crippen LogP contribution in [0, 0.1) is 6.92 Å². The number of hydrogen-bond acceptors (Lipinski definition) is 4. The molecule has 0 bridgehead atoms. The van der Waals surface area contributed by atoms with Crippen LogP contribution in [0.3, 0.4) is 0 Å². The molecule has 1 aliphatic rings. The van der Waals surface area contributed by atoms with Crippen LogP contribution in [0.5, 0.6) is 0 Å². The SMILES string of the molecule is CC[C@H](C)NC(=O)c1ccccc1NC(=O)c1ccc(C)c(S(=O)(=O)N2CCCCCC2)c1. The molecular weight excluding hydrogens is 438 g/mol. The van der Waals surface area contributed by atoms with Crippen molar-refractivity contribution in [2.75, 3.05) is 18.4 Å². The molecule has 2 aromatic carbocycles. The van der Waals surface area contributed by atoms with E-state index in [1.54, 1.807) is 43.3 Å². The molecule has 0 aliphatic carbocycles. The minimum absolute atomic E-state index is 0.00473. The second-order valence-corrected chi connectivity index (χ2v) is 10.5. The lowest BCUT2D eigenvalue weighted by Gasteiger charge is -2.21. The zero-order chi connectivity index (χ0) is 24.0. The number of hydrogen-bond donors (Lipinski definition) is 2. The Hall–Kier alpha value is -2.71. The van der Waals surface area contributed by atoms with E-state index in [2.05, 4.69) is 10.6 Å². The molecule has 1 fully saturated rings. The maximum absolute atomic E-state index is 13.3. The maximum atomic E-state index is 13.3. The van der Waals surface area contributed by atoms with Crippen molar-refractivity contribution in [3.8, 4) is 0 Å². The first-order chi connectivity index (χ1) is 15.7. The first kappa shape index (κ1) is 24.9. The molecule has 2 amide bonds. The third kappa shape index (κ3) is 6.00. The van der Waals surface area contributed by atoms with Gasteiger partial charge in [-0.3, -0.25) is 9.59 Å². The Morgan fingerprint density at radius 3 is 2.33 bits per heavy atom. The van der Waals surface area contributed by atoms with Crippen LogP contribution in [0.25, 0.3) is 0 Å². The highest BCUT2D eigenvalue weighted by atomic mass is 32.2. The largest absolute Gasteiger partial charge is 0.350 e. The van der Waals surface area contributed by atoms with Crippen LogP contribution in [0.15, 0.2) is 47.4 Å². The van der Waals surface area contributed by atoms with Gasteiger partial charge in [-0.1, -0.05) is 38.0 Å². The lowest BCUT2D eigenvalue weighted by atomic mass is 10.1. The average Bonchev–Trinajstić information content (AvgIpc) is 3.09. The number of carbonyl (C=O) groups excluding carboxylic acids is 2. The molecule has 7 nitrogen and oxygen atoms in total. The predicted molar refractivity (Wildman–Crippen MR) is 130 cm³/mol. The molecule has 0 unspecified atom stereocenters. The first-order valence-electron chi connectivity index (χ1n) is 11.6. The lowest BCUT2D eigenvalue weighted by Crippen LogP contribution is -2.33. The topological polar surface area (TPSA) is 95.6 Å². The van der Waals surface area contributed by atoms with Gasteiger partial charge in [-0.2, -0.15) is 4.31 Å². The summed E-state index contributed by atoms with van der Waals surface area (Å²) >= 11 is 0. The van der Waals surface area contributed by atoms with Crippen molar-refractivity contribution in [3.63, 3.8) is 0 Å². The minimum atomic E-state index is -3.69. The van der Waals surface area contributed by atoms with E-state index in [9.17, 15) is 18.0 Å². The van der Waals surface area contributed by atoms with E-state index >= 15 is 0 Å². The average molecular weight is 472 g/mol. The second kappa shape index (κ2) is 10.9. The highest BCUT2D eigenvalue weighted by Crippen LogP contribution is 2.25. The smallest absolute Gasteiger partial charge is 0.255 e. The lowest BCUT2D eigenvalue weighted by molar-refractivity contribution is 0.0940. The summed E-state index contributed by atoms with van der Waals surface area (Å²) in [4.78, 5) is 25.8. The molecule has 178 valence electrons. The molecule has 3 rings (SSSR count). The normalized spacial score (nSPS) is 16.0. The van der Waals surface area contributed by atoms with E-state index in [1.807, 2.05) is 13.8 Å². The van der Waals surface area contributed by atoms with E-state index in [0.717, 1.165) is 32.1 Å². The zero-order valence-electron chi connectivity index (χ0n) is 19.6. The number of sulfonamides is 1. The monoisotopic (exact) mass is 471 g/mol. The molecule has 0 aromatic heterocycles. The molecule has 0 radical (unpaired) electrons. The Bertz CT molecular complexity index is 1110. The Morgan fingerprint density at radius 2 is 1.67 bits per heavy atom. The molecule has 2 N–H and O–H groups in total. The first-order valence-corrected chi connectivity index (χ1v) is 13.0. The number of nitrogens with one attached hydrogen (secondary N) is 2. The van der Waals surface area contributed by atoms with Gasteiger partial charge in [0.05, 0.1) is 16.1 Å². The number of para-hydroxylation sites is 1. The van der Waals surface area contributed by atoms with Gasteiger partial charge in [0.15, 0.2) is 0 Å². The van der Waals surface area contributed by atoms with E-state index in [4.69, 9.17) is 0 Å². The van der Waals surface area contributed by atoms with Gasteiger partial charge in [0.25, 0.3) is 11.8 Å². The van der Waals surface area contributed by atoms with Crippen LogP contribution in [0.2, 0.25) is 0 Å². The molecule has 1 heterocycles.